The van der Waals surface area contributed by atoms with Crippen LogP contribution in [0.2, 0.25) is 0 Å². The Morgan fingerprint density at radius 2 is 2.00 bits per heavy atom. The molecular formula is C13H16F3N3O3. The lowest BCUT2D eigenvalue weighted by Gasteiger charge is -2.09. The molecule has 0 aromatic heterocycles. The van der Waals surface area contributed by atoms with Gasteiger partial charge in [0.25, 0.3) is 5.91 Å². The van der Waals surface area contributed by atoms with E-state index in [4.69, 9.17) is 5.73 Å². The molecule has 3 amide bonds. The Labute approximate surface area is 124 Å². The third-order valence-electron chi connectivity index (χ3n) is 2.41. The Balaban J connectivity index is 2.32. The summed E-state index contributed by atoms with van der Waals surface area (Å²) >= 11 is 0. The fourth-order valence-corrected chi connectivity index (χ4v) is 1.55. The van der Waals surface area contributed by atoms with E-state index in [-0.39, 0.29) is 19.6 Å². The topological polar surface area (TPSA) is 93.5 Å². The van der Waals surface area contributed by atoms with E-state index >= 15 is 0 Å². The first kappa shape index (κ1) is 17.8. The molecule has 22 heavy (non-hydrogen) atoms. The lowest BCUT2D eigenvalue weighted by atomic mass is 10.2. The van der Waals surface area contributed by atoms with Gasteiger partial charge in [-0.1, -0.05) is 6.07 Å². The SMILES string of the molecule is NC(=O)Nc1cccc(C(=O)NCCCOCC(F)(F)F)c1. The predicted octanol–water partition coefficient (Wildman–Crippen LogP) is 1.88. The number of hydrogen-bond acceptors (Lipinski definition) is 3. The Bertz CT molecular complexity index is 521. The highest BCUT2D eigenvalue weighted by Gasteiger charge is 2.27. The number of nitrogens with one attached hydrogen (secondary N) is 2. The van der Waals surface area contributed by atoms with Crippen LogP contribution in [0.15, 0.2) is 24.3 Å². The Morgan fingerprint density at radius 1 is 1.27 bits per heavy atom. The van der Waals surface area contributed by atoms with Gasteiger partial charge in [-0.2, -0.15) is 13.2 Å². The van der Waals surface area contributed by atoms with Gasteiger partial charge in [0.1, 0.15) is 6.61 Å². The first-order chi connectivity index (χ1) is 10.3. The van der Waals surface area contributed by atoms with Crippen molar-refractivity contribution in [1.82, 2.24) is 5.32 Å². The zero-order valence-electron chi connectivity index (χ0n) is 11.6. The van der Waals surface area contributed by atoms with Crippen LogP contribution >= 0.6 is 0 Å². The quantitative estimate of drug-likeness (QED) is 0.670. The number of ether oxygens (including phenoxy) is 1. The molecule has 0 aliphatic carbocycles. The number of urea groups is 1. The molecule has 0 aliphatic heterocycles. The van der Waals surface area contributed by atoms with E-state index in [1.807, 2.05) is 0 Å². The number of halogens is 3. The second kappa shape index (κ2) is 8.23. The molecule has 0 aliphatic rings. The zero-order valence-corrected chi connectivity index (χ0v) is 11.6. The number of alkyl halides is 3. The molecule has 0 saturated heterocycles. The van der Waals surface area contributed by atoms with Gasteiger partial charge in [-0.15, -0.1) is 0 Å². The van der Waals surface area contributed by atoms with Crippen molar-refractivity contribution in [2.75, 3.05) is 25.1 Å². The maximum atomic E-state index is 11.8. The standard InChI is InChI=1S/C13H16F3N3O3/c14-13(15,16)8-22-6-2-5-18-11(20)9-3-1-4-10(7-9)19-12(17)21/h1,3-4,7H,2,5-6,8H2,(H,18,20)(H3,17,19,21). The molecule has 0 bridgehead atoms. The van der Waals surface area contributed by atoms with Crippen LogP contribution in [0.5, 0.6) is 0 Å². The smallest absolute Gasteiger partial charge is 0.372 e. The number of nitrogens with two attached hydrogens (primary N) is 1. The molecule has 0 spiro atoms. The van der Waals surface area contributed by atoms with Crippen LogP contribution in [0.4, 0.5) is 23.7 Å². The summed E-state index contributed by atoms with van der Waals surface area (Å²) in [5, 5.41) is 4.86. The summed E-state index contributed by atoms with van der Waals surface area (Å²) in [5.41, 5.74) is 5.63. The number of benzene rings is 1. The van der Waals surface area contributed by atoms with Gasteiger partial charge in [0, 0.05) is 24.4 Å². The fourth-order valence-electron chi connectivity index (χ4n) is 1.55. The van der Waals surface area contributed by atoms with E-state index in [0.717, 1.165) is 0 Å². The molecular weight excluding hydrogens is 303 g/mol. The summed E-state index contributed by atoms with van der Waals surface area (Å²) in [7, 11) is 0. The predicted molar refractivity (Wildman–Crippen MR) is 73.5 cm³/mol. The fraction of sp³-hybridized carbons (Fsp3) is 0.385. The minimum atomic E-state index is -4.35. The van der Waals surface area contributed by atoms with Crippen LogP contribution in [0.25, 0.3) is 0 Å². The minimum Gasteiger partial charge on any atom is -0.372 e. The van der Waals surface area contributed by atoms with Gasteiger partial charge in [-0.3, -0.25) is 4.79 Å². The van der Waals surface area contributed by atoms with Gasteiger partial charge in [0.2, 0.25) is 0 Å². The molecule has 0 unspecified atom stereocenters. The van der Waals surface area contributed by atoms with Crippen LogP contribution in [0, 0.1) is 0 Å². The number of anilines is 1. The molecule has 1 aromatic carbocycles. The van der Waals surface area contributed by atoms with Crippen molar-refractivity contribution in [3.8, 4) is 0 Å². The minimum absolute atomic E-state index is 0.108. The zero-order chi connectivity index (χ0) is 16.6. The van der Waals surface area contributed by atoms with Crippen molar-refractivity contribution in [2.24, 2.45) is 5.73 Å². The second-order valence-corrected chi connectivity index (χ2v) is 4.35. The maximum Gasteiger partial charge on any atom is 0.411 e. The first-order valence-corrected chi connectivity index (χ1v) is 6.37. The van der Waals surface area contributed by atoms with Gasteiger partial charge in [0.15, 0.2) is 0 Å². The van der Waals surface area contributed by atoms with E-state index in [1.54, 1.807) is 12.1 Å². The van der Waals surface area contributed by atoms with E-state index in [0.29, 0.717) is 11.3 Å². The van der Waals surface area contributed by atoms with Gasteiger partial charge in [-0.25, -0.2) is 4.79 Å². The summed E-state index contributed by atoms with van der Waals surface area (Å²) in [6.07, 6.45) is -4.10. The van der Waals surface area contributed by atoms with Gasteiger partial charge in [-0.05, 0) is 24.6 Å². The molecule has 6 nitrogen and oxygen atoms in total. The van der Waals surface area contributed by atoms with Crippen molar-refractivity contribution in [3.05, 3.63) is 29.8 Å². The molecule has 0 saturated carbocycles. The summed E-state index contributed by atoms with van der Waals surface area (Å²) < 4.78 is 39.8. The number of amides is 3. The molecule has 4 N–H and O–H groups in total. The van der Waals surface area contributed by atoms with E-state index in [1.165, 1.54) is 12.1 Å². The van der Waals surface area contributed by atoms with E-state index < -0.39 is 24.7 Å². The van der Waals surface area contributed by atoms with Crippen molar-refractivity contribution < 1.29 is 27.5 Å². The normalized spacial score (nSPS) is 11.0. The van der Waals surface area contributed by atoms with Gasteiger partial charge in [0.05, 0.1) is 0 Å². The molecule has 9 heteroatoms. The van der Waals surface area contributed by atoms with Crippen LogP contribution < -0.4 is 16.4 Å². The molecule has 122 valence electrons. The van der Waals surface area contributed by atoms with Gasteiger partial charge < -0.3 is 21.1 Å². The maximum absolute atomic E-state index is 11.8. The summed E-state index contributed by atoms with van der Waals surface area (Å²) in [4.78, 5) is 22.5. The largest absolute Gasteiger partial charge is 0.411 e. The second-order valence-electron chi connectivity index (χ2n) is 4.35. The average molecular weight is 319 g/mol. The molecule has 0 radical (unpaired) electrons. The summed E-state index contributed by atoms with van der Waals surface area (Å²) in [6, 6.07) is 5.33. The van der Waals surface area contributed by atoms with Crippen LogP contribution in [-0.4, -0.2) is 37.9 Å². The summed E-state index contributed by atoms with van der Waals surface area (Å²) in [6.45, 7) is -1.24. The van der Waals surface area contributed by atoms with Gasteiger partial charge >= 0.3 is 12.2 Å². The molecule has 0 fully saturated rings. The number of hydrogen-bond donors (Lipinski definition) is 3. The highest BCUT2D eigenvalue weighted by molar-refractivity contribution is 5.96. The Hall–Kier alpha value is -2.29. The molecule has 1 aromatic rings. The van der Waals surface area contributed by atoms with E-state index in [2.05, 4.69) is 15.4 Å². The highest BCUT2D eigenvalue weighted by atomic mass is 19.4. The van der Waals surface area contributed by atoms with Crippen molar-refractivity contribution >= 4 is 17.6 Å². The number of primary amides is 1. The van der Waals surface area contributed by atoms with Crippen LogP contribution in [0.1, 0.15) is 16.8 Å². The Kier molecular flexibility index (Phi) is 6.64. The third kappa shape index (κ3) is 7.48. The lowest BCUT2D eigenvalue weighted by molar-refractivity contribution is -0.173. The summed E-state index contributed by atoms with van der Waals surface area (Å²) in [5.74, 6) is -0.413. The number of rotatable bonds is 7. The molecule has 0 heterocycles. The number of carbonyl (C=O) groups is 2. The Morgan fingerprint density at radius 3 is 2.64 bits per heavy atom. The van der Waals surface area contributed by atoms with E-state index in [9.17, 15) is 22.8 Å². The van der Waals surface area contributed by atoms with Crippen molar-refractivity contribution in [3.63, 3.8) is 0 Å². The van der Waals surface area contributed by atoms with Crippen LogP contribution in [-0.2, 0) is 4.74 Å². The van der Waals surface area contributed by atoms with Crippen molar-refractivity contribution in [1.29, 1.82) is 0 Å². The monoisotopic (exact) mass is 319 g/mol. The first-order valence-electron chi connectivity index (χ1n) is 6.37. The third-order valence-corrected chi connectivity index (χ3v) is 2.41. The lowest BCUT2D eigenvalue weighted by Crippen LogP contribution is -2.26. The highest BCUT2D eigenvalue weighted by Crippen LogP contribution is 2.14. The number of carbonyl (C=O) groups excluding carboxylic acids is 2. The molecule has 1 rings (SSSR count). The van der Waals surface area contributed by atoms with Crippen LogP contribution in [0.3, 0.4) is 0 Å². The average Bonchev–Trinajstić information content (AvgIpc) is 2.40. The molecule has 0 atom stereocenters. The van der Waals surface area contributed by atoms with Crippen molar-refractivity contribution in [2.45, 2.75) is 12.6 Å².